The molecule has 0 spiro atoms. The van der Waals surface area contributed by atoms with Gasteiger partial charge in [0.25, 0.3) is 0 Å². The first-order chi connectivity index (χ1) is 10.1. The molecule has 0 saturated carbocycles. The highest BCUT2D eigenvalue weighted by molar-refractivity contribution is 5.48. The number of hydrogen-bond acceptors (Lipinski definition) is 5. The van der Waals surface area contributed by atoms with Gasteiger partial charge in [-0.1, -0.05) is 18.2 Å². The van der Waals surface area contributed by atoms with Crippen LogP contribution in [0.4, 0.5) is 11.5 Å². The number of phenolic OH excluding ortho intramolecular Hbond substituents is 1. The number of anilines is 2. The Kier molecular flexibility index (Phi) is 5.40. The molecular formula is C16H22N4O. The normalized spacial score (nSPS) is 10.6. The lowest BCUT2D eigenvalue weighted by atomic mass is 10.2. The average Bonchev–Trinajstić information content (AvgIpc) is 2.47. The van der Waals surface area contributed by atoms with Gasteiger partial charge in [-0.15, -0.1) is 0 Å². The van der Waals surface area contributed by atoms with Crippen LogP contribution in [0.15, 0.2) is 42.6 Å². The summed E-state index contributed by atoms with van der Waals surface area (Å²) in [5.41, 5.74) is 1.79. The van der Waals surface area contributed by atoms with E-state index in [1.807, 2.05) is 44.4 Å². The molecule has 0 aliphatic heterocycles. The van der Waals surface area contributed by atoms with E-state index in [-0.39, 0.29) is 0 Å². The fourth-order valence-corrected chi connectivity index (χ4v) is 1.87. The van der Waals surface area contributed by atoms with Crippen LogP contribution in [-0.4, -0.2) is 42.2 Å². The van der Waals surface area contributed by atoms with Gasteiger partial charge in [0.05, 0.1) is 11.9 Å². The first-order valence-corrected chi connectivity index (χ1v) is 7.00. The van der Waals surface area contributed by atoms with Crippen molar-refractivity contribution in [3.63, 3.8) is 0 Å². The van der Waals surface area contributed by atoms with Crippen molar-refractivity contribution < 1.29 is 5.11 Å². The second-order valence-corrected chi connectivity index (χ2v) is 5.14. The number of benzene rings is 1. The van der Waals surface area contributed by atoms with Crippen LogP contribution < -0.4 is 10.6 Å². The number of aromatic hydroxyl groups is 1. The van der Waals surface area contributed by atoms with E-state index in [4.69, 9.17) is 0 Å². The molecule has 3 N–H and O–H groups in total. The Bertz CT molecular complexity index is 554. The summed E-state index contributed by atoms with van der Waals surface area (Å²) in [6.07, 6.45) is 1.79. The van der Waals surface area contributed by atoms with Crippen LogP contribution in [0.5, 0.6) is 5.75 Å². The molecule has 21 heavy (non-hydrogen) atoms. The van der Waals surface area contributed by atoms with E-state index in [9.17, 15) is 5.11 Å². The van der Waals surface area contributed by atoms with Gasteiger partial charge < -0.3 is 20.6 Å². The number of likely N-dealkylation sites (N-methyl/N-ethyl adjacent to an activating group) is 1. The molecule has 1 aromatic heterocycles. The van der Waals surface area contributed by atoms with Crippen molar-refractivity contribution in [2.24, 2.45) is 0 Å². The summed E-state index contributed by atoms with van der Waals surface area (Å²) >= 11 is 0. The number of nitrogens with one attached hydrogen (secondary N) is 2. The predicted octanol–water partition coefficient (Wildman–Crippen LogP) is 2.37. The van der Waals surface area contributed by atoms with E-state index < -0.39 is 0 Å². The summed E-state index contributed by atoms with van der Waals surface area (Å²) in [7, 11) is 4.09. The maximum Gasteiger partial charge on any atom is 0.126 e. The molecule has 2 aromatic rings. The van der Waals surface area contributed by atoms with Gasteiger partial charge >= 0.3 is 0 Å². The average molecular weight is 286 g/mol. The third kappa shape index (κ3) is 4.96. The van der Waals surface area contributed by atoms with Gasteiger partial charge in [0, 0.05) is 25.2 Å². The van der Waals surface area contributed by atoms with Gasteiger partial charge in [-0.25, -0.2) is 4.98 Å². The number of aromatic nitrogens is 1. The van der Waals surface area contributed by atoms with Gasteiger partial charge in [-0.3, -0.25) is 0 Å². The minimum absolute atomic E-state index is 0.305. The number of nitrogens with zero attached hydrogens (tertiary/aromatic N) is 2. The van der Waals surface area contributed by atoms with Gasteiger partial charge in [0.15, 0.2) is 0 Å². The number of phenols is 1. The highest BCUT2D eigenvalue weighted by atomic mass is 16.3. The summed E-state index contributed by atoms with van der Waals surface area (Å²) in [4.78, 5) is 6.48. The minimum Gasteiger partial charge on any atom is -0.508 e. The van der Waals surface area contributed by atoms with Crippen molar-refractivity contribution in [1.82, 2.24) is 9.88 Å². The first kappa shape index (κ1) is 15.1. The molecule has 0 radical (unpaired) electrons. The van der Waals surface area contributed by atoms with Gasteiger partial charge in [0.1, 0.15) is 11.6 Å². The number of hydrogen-bond donors (Lipinski definition) is 3. The molecule has 0 saturated heterocycles. The molecule has 2 rings (SSSR count). The molecule has 0 aliphatic carbocycles. The van der Waals surface area contributed by atoms with Crippen molar-refractivity contribution in [2.45, 2.75) is 6.54 Å². The summed E-state index contributed by atoms with van der Waals surface area (Å²) in [6.45, 7) is 2.40. The Labute approximate surface area is 125 Å². The Hall–Kier alpha value is -2.27. The summed E-state index contributed by atoms with van der Waals surface area (Å²) in [5.74, 6) is 1.17. The van der Waals surface area contributed by atoms with Crippen molar-refractivity contribution in [2.75, 3.05) is 37.8 Å². The Balaban J connectivity index is 1.84. The number of rotatable bonds is 7. The maximum absolute atomic E-state index is 9.70. The van der Waals surface area contributed by atoms with Crippen molar-refractivity contribution >= 4 is 11.5 Å². The summed E-state index contributed by atoms with van der Waals surface area (Å²) in [5, 5.41) is 16.2. The molecule has 1 heterocycles. The molecule has 0 bridgehead atoms. The molecule has 0 amide bonds. The summed E-state index contributed by atoms with van der Waals surface area (Å²) in [6, 6.07) is 11.2. The van der Waals surface area contributed by atoms with E-state index in [1.54, 1.807) is 12.3 Å². The Morgan fingerprint density at radius 2 is 1.90 bits per heavy atom. The zero-order valence-electron chi connectivity index (χ0n) is 12.5. The quantitative estimate of drug-likeness (QED) is 0.729. The number of pyridine rings is 1. The molecule has 5 nitrogen and oxygen atoms in total. The van der Waals surface area contributed by atoms with Crippen LogP contribution in [0, 0.1) is 0 Å². The Morgan fingerprint density at radius 1 is 1.10 bits per heavy atom. The third-order valence-corrected chi connectivity index (χ3v) is 3.10. The molecule has 0 aliphatic rings. The molecular weight excluding hydrogens is 264 g/mol. The van der Waals surface area contributed by atoms with Gasteiger partial charge in [-0.2, -0.15) is 0 Å². The monoisotopic (exact) mass is 286 g/mol. The van der Waals surface area contributed by atoms with E-state index in [0.717, 1.165) is 30.2 Å². The molecule has 112 valence electrons. The molecule has 1 aromatic carbocycles. The smallest absolute Gasteiger partial charge is 0.126 e. The SMILES string of the molecule is CN(C)CCNc1ccc(NCc2ccccc2O)cn1. The zero-order valence-corrected chi connectivity index (χ0v) is 12.5. The predicted molar refractivity (Wildman–Crippen MR) is 86.7 cm³/mol. The van der Waals surface area contributed by atoms with Crippen molar-refractivity contribution in [3.05, 3.63) is 48.2 Å². The lowest BCUT2D eigenvalue weighted by molar-refractivity contribution is 0.425. The van der Waals surface area contributed by atoms with Crippen LogP contribution in [-0.2, 0) is 6.54 Å². The van der Waals surface area contributed by atoms with Crippen LogP contribution in [0.1, 0.15) is 5.56 Å². The largest absolute Gasteiger partial charge is 0.508 e. The Morgan fingerprint density at radius 3 is 2.57 bits per heavy atom. The lowest BCUT2D eigenvalue weighted by Gasteiger charge is -2.11. The van der Waals surface area contributed by atoms with Gasteiger partial charge in [0.2, 0.25) is 0 Å². The lowest BCUT2D eigenvalue weighted by Crippen LogP contribution is -2.21. The molecule has 0 atom stereocenters. The fourth-order valence-electron chi connectivity index (χ4n) is 1.87. The fraction of sp³-hybridized carbons (Fsp3) is 0.312. The molecule has 0 fully saturated rings. The van der Waals surface area contributed by atoms with E-state index in [2.05, 4.69) is 20.5 Å². The second kappa shape index (κ2) is 7.50. The van der Waals surface area contributed by atoms with Crippen molar-refractivity contribution in [1.29, 1.82) is 0 Å². The second-order valence-electron chi connectivity index (χ2n) is 5.14. The summed E-state index contributed by atoms with van der Waals surface area (Å²) < 4.78 is 0. The topological polar surface area (TPSA) is 60.4 Å². The molecule has 0 unspecified atom stereocenters. The first-order valence-electron chi connectivity index (χ1n) is 7.00. The molecule has 5 heteroatoms. The zero-order chi connectivity index (χ0) is 15.1. The minimum atomic E-state index is 0.305. The van der Waals surface area contributed by atoms with Crippen LogP contribution in [0.25, 0.3) is 0 Å². The van der Waals surface area contributed by atoms with Crippen LogP contribution >= 0.6 is 0 Å². The van der Waals surface area contributed by atoms with Gasteiger partial charge in [-0.05, 0) is 32.3 Å². The standard InChI is InChI=1S/C16H22N4O/c1-20(2)10-9-17-16-8-7-14(12-19-16)18-11-13-5-3-4-6-15(13)21/h3-8,12,18,21H,9-11H2,1-2H3,(H,17,19). The number of para-hydroxylation sites is 1. The van der Waals surface area contributed by atoms with Crippen LogP contribution in [0.2, 0.25) is 0 Å². The van der Waals surface area contributed by atoms with Crippen molar-refractivity contribution in [3.8, 4) is 5.75 Å². The third-order valence-electron chi connectivity index (χ3n) is 3.10. The van der Waals surface area contributed by atoms with E-state index in [1.165, 1.54) is 0 Å². The van der Waals surface area contributed by atoms with Crippen LogP contribution in [0.3, 0.4) is 0 Å². The highest BCUT2D eigenvalue weighted by Crippen LogP contribution is 2.17. The van der Waals surface area contributed by atoms with E-state index in [0.29, 0.717) is 12.3 Å². The van der Waals surface area contributed by atoms with E-state index >= 15 is 0 Å². The maximum atomic E-state index is 9.70. The highest BCUT2D eigenvalue weighted by Gasteiger charge is 2.00.